The highest BCUT2D eigenvalue weighted by atomic mass is 35.5. The fraction of sp³-hybridized carbons (Fsp3) is 0.286. The van der Waals surface area contributed by atoms with Crippen molar-refractivity contribution in [3.63, 3.8) is 0 Å². The van der Waals surface area contributed by atoms with Gasteiger partial charge in [-0.05, 0) is 36.3 Å². The summed E-state index contributed by atoms with van der Waals surface area (Å²) in [6, 6.07) is 14.4. The van der Waals surface area contributed by atoms with Crippen molar-refractivity contribution in [2.75, 3.05) is 26.3 Å². The lowest BCUT2D eigenvalue weighted by atomic mass is 9.92. The Labute approximate surface area is 173 Å². The Bertz CT molecular complexity index is 895. The second-order valence-electron chi connectivity index (χ2n) is 6.55. The maximum atomic E-state index is 12.4. The van der Waals surface area contributed by atoms with Crippen molar-refractivity contribution in [2.24, 2.45) is 0 Å². The molecule has 5 nitrogen and oxygen atoms in total. The molecule has 2 aliphatic rings. The largest absolute Gasteiger partial charge is 0.415 e. The summed E-state index contributed by atoms with van der Waals surface area (Å²) in [6.07, 6.45) is 2.19. The number of benzene rings is 2. The van der Waals surface area contributed by atoms with Crippen molar-refractivity contribution in [2.45, 2.75) is 12.2 Å². The van der Waals surface area contributed by atoms with Crippen LogP contribution in [-0.4, -0.2) is 37.3 Å². The highest BCUT2D eigenvalue weighted by Crippen LogP contribution is 2.42. The molecule has 2 aliphatic heterocycles. The van der Waals surface area contributed by atoms with E-state index in [0.29, 0.717) is 48.5 Å². The third-order valence-corrected chi connectivity index (χ3v) is 5.57. The quantitative estimate of drug-likeness (QED) is 0.654. The van der Waals surface area contributed by atoms with Crippen LogP contribution >= 0.6 is 23.2 Å². The number of carbonyl (C=O) groups is 1. The number of rotatable bonds is 3. The predicted octanol–water partition coefficient (Wildman–Crippen LogP) is 5.02. The second-order valence-corrected chi connectivity index (χ2v) is 7.36. The Hall–Kier alpha value is -2.05. The summed E-state index contributed by atoms with van der Waals surface area (Å²) < 4.78 is 17.5. The van der Waals surface area contributed by atoms with Crippen molar-refractivity contribution in [1.82, 2.24) is 4.90 Å². The minimum Gasteiger partial charge on any atom is -0.410 e. The normalized spacial score (nSPS) is 18.6. The monoisotopic (exact) mass is 419 g/mol. The lowest BCUT2D eigenvalue weighted by Crippen LogP contribution is -2.41. The molecule has 1 fully saturated rings. The maximum Gasteiger partial charge on any atom is 0.415 e. The molecule has 0 bridgehead atoms. The van der Waals surface area contributed by atoms with Crippen molar-refractivity contribution in [3.05, 3.63) is 75.8 Å². The summed E-state index contributed by atoms with van der Waals surface area (Å²) in [5, 5.41) is 0.924. The van der Waals surface area contributed by atoms with Gasteiger partial charge in [0.15, 0.2) is 0 Å². The molecule has 0 unspecified atom stereocenters. The van der Waals surface area contributed by atoms with Crippen LogP contribution in [0.5, 0.6) is 5.75 Å². The van der Waals surface area contributed by atoms with Crippen molar-refractivity contribution < 1.29 is 19.0 Å². The first-order valence-electron chi connectivity index (χ1n) is 9.03. The molecule has 0 N–H and O–H groups in total. The van der Waals surface area contributed by atoms with E-state index in [0.717, 1.165) is 11.1 Å². The highest BCUT2D eigenvalue weighted by molar-refractivity contribution is 6.42. The van der Waals surface area contributed by atoms with Gasteiger partial charge >= 0.3 is 6.09 Å². The number of nitrogens with zero attached hydrogens (tertiary/aromatic N) is 1. The van der Waals surface area contributed by atoms with Crippen molar-refractivity contribution in [3.8, 4) is 5.75 Å². The molecule has 146 valence electrons. The number of para-hydroxylation sites is 1. The van der Waals surface area contributed by atoms with Crippen molar-refractivity contribution >= 4 is 29.3 Å². The number of hydrogen-bond acceptors (Lipinski definition) is 4. The summed E-state index contributed by atoms with van der Waals surface area (Å²) in [5.41, 5.74) is 1.76. The van der Waals surface area contributed by atoms with Crippen LogP contribution in [0.25, 0.3) is 0 Å². The average Bonchev–Trinajstić information content (AvgIpc) is 3.22. The van der Waals surface area contributed by atoms with Crippen LogP contribution in [0.2, 0.25) is 10.0 Å². The van der Waals surface area contributed by atoms with E-state index in [-0.39, 0.29) is 6.09 Å². The molecule has 0 atom stereocenters. The molecule has 1 amide bonds. The Balaban J connectivity index is 1.52. The first kappa shape index (κ1) is 19.3. The number of carbonyl (C=O) groups excluding carboxylic acids is 1. The van der Waals surface area contributed by atoms with E-state index in [2.05, 4.69) is 0 Å². The van der Waals surface area contributed by atoms with Gasteiger partial charge in [-0.25, -0.2) is 4.79 Å². The van der Waals surface area contributed by atoms with Gasteiger partial charge in [0.1, 0.15) is 5.75 Å². The van der Waals surface area contributed by atoms with Gasteiger partial charge in [0.2, 0.25) is 5.79 Å². The first-order chi connectivity index (χ1) is 13.6. The molecule has 0 aliphatic carbocycles. The number of ether oxygens (including phenoxy) is 3. The molecule has 0 aromatic heterocycles. The molecule has 1 saturated heterocycles. The van der Waals surface area contributed by atoms with E-state index in [9.17, 15) is 4.79 Å². The smallest absolute Gasteiger partial charge is 0.410 e. The standard InChI is InChI=1S/C21H19Cl2NO4/c22-18-7-6-16(14-19(18)23)21(26-12-13-27-21)15-8-10-24(11-9-15)20(25)28-17-4-2-1-3-5-17/h1-8,14H,9-13H2. The topological polar surface area (TPSA) is 48.0 Å². The van der Waals surface area contributed by atoms with Gasteiger partial charge in [-0.15, -0.1) is 0 Å². The number of hydrogen-bond donors (Lipinski definition) is 0. The van der Waals surface area contributed by atoms with Crippen LogP contribution in [0, 0.1) is 0 Å². The van der Waals surface area contributed by atoms with Gasteiger partial charge in [0.05, 0.1) is 23.3 Å². The Morgan fingerprint density at radius 2 is 1.79 bits per heavy atom. The van der Waals surface area contributed by atoms with Crippen LogP contribution in [0.3, 0.4) is 0 Å². The SMILES string of the molecule is O=C(Oc1ccccc1)N1CC=C(C2(c3ccc(Cl)c(Cl)c3)OCCO2)CC1. The van der Waals surface area contributed by atoms with Crippen LogP contribution < -0.4 is 4.74 Å². The summed E-state index contributed by atoms with van der Waals surface area (Å²) >= 11 is 12.3. The molecule has 2 aromatic rings. The third kappa shape index (κ3) is 3.76. The fourth-order valence-corrected chi connectivity index (χ4v) is 3.74. The molecule has 7 heteroatoms. The van der Waals surface area contributed by atoms with Crippen LogP contribution in [0.1, 0.15) is 12.0 Å². The fourth-order valence-electron chi connectivity index (χ4n) is 3.44. The Morgan fingerprint density at radius 3 is 2.43 bits per heavy atom. The lowest BCUT2D eigenvalue weighted by Gasteiger charge is -2.35. The molecule has 0 radical (unpaired) electrons. The Morgan fingerprint density at radius 1 is 1.04 bits per heavy atom. The zero-order chi connectivity index (χ0) is 19.6. The van der Waals surface area contributed by atoms with Gasteiger partial charge in [-0.1, -0.05) is 53.5 Å². The second kappa shape index (κ2) is 8.13. The van der Waals surface area contributed by atoms with E-state index in [1.165, 1.54) is 0 Å². The summed E-state index contributed by atoms with van der Waals surface area (Å²) in [6.45, 7) is 1.89. The van der Waals surface area contributed by atoms with E-state index in [1.54, 1.807) is 29.2 Å². The molecular formula is C21H19Cl2NO4. The lowest BCUT2D eigenvalue weighted by molar-refractivity contribution is -0.136. The van der Waals surface area contributed by atoms with Gasteiger partial charge in [-0.2, -0.15) is 0 Å². The van der Waals surface area contributed by atoms with Crippen LogP contribution in [-0.2, 0) is 15.3 Å². The first-order valence-corrected chi connectivity index (χ1v) is 9.79. The van der Waals surface area contributed by atoms with E-state index < -0.39 is 5.79 Å². The molecule has 2 heterocycles. The third-order valence-electron chi connectivity index (χ3n) is 4.83. The highest BCUT2D eigenvalue weighted by Gasteiger charge is 2.43. The minimum absolute atomic E-state index is 0.377. The van der Waals surface area contributed by atoms with E-state index in [4.69, 9.17) is 37.4 Å². The molecule has 0 saturated carbocycles. The maximum absolute atomic E-state index is 12.4. The zero-order valence-electron chi connectivity index (χ0n) is 15.1. The average molecular weight is 420 g/mol. The van der Waals surface area contributed by atoms with Crippen LogP contribution in [0.15, 0.2) is 60.2 Å². The van der Waals surface area contributed by atoms with E-state index in [1.807, 2.05) is 30.3 Å². The number of amides is 1. The summed E-state index contributed by atoms with van der Waals surface area (Å²) in [4.78, 5) is 14.1. The number of halogens is 2. The van der Waals surface area contributed by atoms with Crippen molar-refractivity contribution in [1.29, 1.82) is 0 Å². The van der Waals surface area contributed by atoms with Crippen LogP contribution in [0.4, 0.5) is 4.79 Å². The molecular weight excluding hydrogens is 401 g/mol. The molecule has 2 aromatic carbocycles. The van der Waals surface area contributed by atoms with Gasteiger partial charge in [0, 0.05) is 18.7 Å². The predicted molar refractivity (Wildman–Crippen MR) is 107 cm³/mol. The molecule has 4 rings (SSSR count). The van der Waals surface area contributed by atoms with Gasteiger partial charge in [-0.3, -0.25) is 0 Å². The molecule has 0 spiro atoms. The van der Waals surface area contributed by atoms with E-state index >= 15 is 0 Å². The summed E-state index contributed by atoms with van der Waals surface area (Å²) in [5.74, 6) is -0.457. The molecule has 28 heavy (non-hydrogen) atoms. The van der Waals surface area contributed by atoms with Gasteiger partial charge < -0.3 is 19.1 Å². The zero-order valence-corrected chi connectivity index (χ0v) is 16.6. The Kier molecular flexibility index (Phi) is 5.60. The van der Waals surface area contributed by atoms with Gasteiger partial charge in [0.25, 0.3) is 0 Å². The minimum atomic E-state index is -0.982. The summed E-state index contributed by atoms with van der Waals surface area (Å²) in [7, 11) is 0.